The Kier molecular flexibility index (Phi) is 3.47. The van der Waals surface area contributed by atoms with E-state index in [0.29, 0.717) is 0 Å². The van der Waals surface area contributed by atoms with Crippen molar-refractivity contribution in [3.8, 4) is 11.5 Å². The SMILES string of the molecule is NC(c1ccc(Oc2ccccc2)cc1)C1(CO)CC1. The molecule has 3 rings (SSSR count). The van der Waals surface area contributed by atoms with Crippen LogP contribution in [0.4, 0.5) is 0 Å². The molecule has 1 fully saturated rings. The minimum Gasteiger partial charge on any atom is -0.457 e. The van der Waals surface area contributed by atoms with Gasteiger partial charge >= 0.3 is 0 Å². The van der Waals surface area contributed by atoms with E-state index in [0.717, 1.165) is 29.9 Å². The zero-order chi connectivity index (χ0) is 14.0. The summed E-state index contributed by atoms with van der Waals surface area (Å²) >= 11 is 0. The van der Waals surface area contributed by atoms with E-state index in [9.17, 15) is 5.11 Å². The largest absolute Gasteiger partial charge is 0.457 e. The molecule has 0 aliphatic heterocycles. The first-order chi connectivity index (χ1) is 9.73. The summed E-state index contributed by atoms with van der Waals surface area (Å²) in [6, 6.07) is 17.4. The fourth-order valence-corrected chi connectivity index (χ4v) is 2.45. The van der Waals surface area contributed by atoms with Crippen LogP contribution in [-0.4, -0.2) is 11.7 Å². The molecule has 0 amide bonds. The Morgan fingerprint density at radius 3 is 2.15 bits per heavy atom. The number of para-hydroxylation sites is 1. The van der Waals surface area contributed by atoms with Crippen LogP contribution in [0.3, 0.4) is 0 Å². The van der Waals surface area contributed by atoms with Crippen molar-refractivity contribution in [1.82, 2.24) is 0 Å². The molecule has 0 bridgehead atoms. The van der Waals surface area contributed by atoms with Gasteiger partial charge in [-0.05, 0) is 42.7 Å². The maximum Gasteiger partial charge on any atom is 0.127 e. The van der Waals surface area contributed by atoms with Gasteiger partial charge in [-0.1, -0.05) is 30.3 Å². The van der Waals surface area contributed by atoms with Crippen molar-refractivity contribution in [2.45, 2.75) is 18.9 Å². The highest BCUT2D eigenvalue weighted by atomic mass is 16.5. The van der Waals surface area contributed by atoms with Crippen molar-refractivity contribution in [1.29, 1.82) is 0 Å². The van der Waals surface area contributed by atoms with Crippen LogP contribution in [0.5, 0.6) is 11.5 Å². The fourth-order valence-electron chi connectivity index (χ4n) is 2.45. The molecule has 0 spiro atoms. The van der Waals surface area contributed by atoms with Crippen molar-refractivity contribution in [2.75, 3.05) is 6.61 Å². The van der Waals surface area contributed by atoms with E-state index in [2.05, 4.69) is 0 Å². The van der Waals surface area contributed by atoms with Gasteiger partial charge in [-0.25, -0.2) is 0 Å². The van der Waals surface area contributed by atoms with Crippen LogP contribution in [0.2, 0.25) is 0 Å². The van der Waals surface area contributed by atoms with Crippen LogP contribution in [0, 0.1) is 5.41 Å². The Balaban J connectivity index is 1.72. The highest BCUT2D eigenvalue weighted by Gasteiger charge is 2.47. The average Bonchev–Trinajstić information content (AvgIpc) is 3.30. The van der Waals surface area contributed by atoms with E-state index in [-0.39, 0.29) is 18.1 Å². The molecule has 0 radical (unpaired) electrons. The zero-order valence-corrected chi connectivity index (χ0v) is 11.3. The van der Waals surface area contributed by atoms with Crippen molar-refractivity contribution in [3.05, 3.63) is 60.2 Å². The van der Waals surface area contributed by atoms with Gasteiger partial charge in [-0.2, -0.15) is 0 Å². The van der Waals surface area contributed by atoms with Crippen LogP contribution in [0.25, 0.3) is 0 Å². The van der Waals surface area contributed by atoms with Crippen molar-refractivity contribution < 1.29 is 9.84 Å². The summed E-state index contributed by atoms with van der Waals surface area (Å²) in [7, 11) is 0. The van der Waals surface area contributed by atoms with Gasteiger partial charge < -0.3 is 15.6 Å². The van der Waals surface area contributed by atoms with Gasteiger partial charge in [0.25, 0.3) is 0 Å². The summed E-state index contributed by atoms with van der Waals surface area (Å²) < 4.78 is 5.75. The number of hydrogen-bond donors (Lipinski definition) is 2. The molecular weight excluding hydrogens is 250 g/mol. The molecule has 2 aromatic rings. The summed E-state index contributed by atoms with van der Waals surface area (Å²) in [6.45, 7) is 0.163. The smallest absolute Gasteiger partial charge is 0.127 e. The topological polar surface area (TPSA) is 55.5 Å². The molecule has 104 valence electrons. The normalized spacial score (nSPS) is 17.5. The molecule has 1 saturated carbocycles. The number of hydrogen-bond acceptors (Lipinski definition) is 3. The highest BCUT2D eigenvalue weighted by Crippen LogP contribution is 2.53. The minimum absolute atomic E-state index is 0.0954. The molecule has 0 aromatic heterocycles. The third kappa shape index (κ3) is 2.55. The molecule has 3 nitrogen and oxygen atoms in total. The Morgan fingerprint density at radius 2 is 1.60 bits per heavy atom. The maximum atomic E-state index is 9.43. The summed E-state index contributed by atoms with van der Waals surface area (Å²) in [5, 5.41) is 9.43. The molecule has 0 saturated heterocycles. The predicted octanol–water partition coefficient (Wildman–Crippen LogP) is 3.25. The van der Waals surface area contributed by atoms with Gasteiger partial charge in [0.15, 0.2) is 0 Å². The van der Waals surface area contributed by atoms with E-state index >= 15 is 0 Å². The summed E-state index contributed by atoms with van der Waals surface area (Å²) in [6.07, 6.45) is 2.01. The average molecular weight is 269 g/mol. The molecule has 3 N–H and O–H groups in total. The number of aliphatic hydroxyl groups excluding tert-OH is 1. The number of aliphatic hydroxyl groups is 1. The monoisotopic (exact) mass is 269 g/mol. The fraction of sp³-hybridized carbons (Fsp3) is 0.294. The van der Waals surface area contributed by atoms with Crippen molar-refractivity contribution in [2.24, 2.45) is 11.1 Å². The first kappa shape index (κ1) is 13.2. The molecule has 1 aliphatic carbocycles. The van der Waals surface area contributed by atoms with E-state index in [4.69, 9.17) is 10.5 Å². The lowest BCUT2D eigenvalue weighted by atomic mass is 9.91. The Bertz CT molecular complexity index is 561. The van der Waals surface area contributed by atoms with Crippen molar-refractivity contribution >= 4 is 0 Å². The second-order valence-electron chi connectivity index (χ2n) is 5.48. The second kappa shape index (κ2) is 5.27. The molecule has 1 aliphatic rings. The summed E-state index contributed by atoms with van der Waals surface area (Å²) in [4.78, 5) is 0. The Labute approximate surface area is 119 Å². The quantitative estimate of drug-likeness (QED) is 0.876. The van der Waals surface area contributed by atoms with Gasteiger partial charge in [0, 0.05) is 11.5 Å². The molecule has 1 atom stereocenters. The van der Waals surface area contributed by atoms with Crippen molar-refractivity contribution in [3.63, 3.8) is 0 Å². The molecule has 20 heavy (non-hydrogen) atoms. The molecular formula is C17H19NO2. The Morgan fingerprint density at radius 1 is 1.00 bits per heavy atom. The van der Waals surface area contributed by atoms with Gasteiger partial charge in [-0.15, -0.1) is 0 Å². The predicted molar refractivity (Wildman–Crippen MR) is 78.6 cm³/mol. The van der Waals surface area contributed by atoms with Crippen LogP contribution in [0.15, 0.2) is 54.6 Å². The maximum absolute atomic E-state index is 9.43. The molecule has 2 aromatic carbocycles. The lowest BCUT2D eigenvalue weighted by Crippen LogP contribution is -2.25. The Hall–Kier alpha value is -1.84. The van der Waals surface area contributed by atoms with Crippen LogP contribution in [0.1, 0.15) is 24.4 Å². The van der Waals surface area contributed by atoms with Gasteiger partial charge in [-0.3, -0.25) is 0 Å². The number of nitrogens with two attached hydrogens (primary N) is 1. The lowest BCUT2D eigenvalue weighted by molar-refractivity contribution is 0.187. The number of benzene rings is 2. The molecule has 1 unspecified atom stereocenters. The van der Waals surface area contributed by atoms with E-state index in [1.165, 1.54) is 0 Å². The van der Waals surface area contributed by atoms with E-state index in [1.54, 1.807) is 0 Å². The van der Waals surface area contributed by atoms with Gasteiger partial charge in [0.2, 0.25) is 0 Å². The van der Waals surface area contributed by atoms with Gasteiger partial charge in [0.05, 0.1) is 6.61 Å². The van der Waals surface area contributed by atoms with Crippen LogP contribution in [-0.2, 0) is 0 Å². The highest BCUT2D eigenvalue weighted by molar-refractivity contribution is 5.35. The third-order valence-corrected chi connectivity index (χ3v) is 4.08. The van der Waals surface area contributed by atoms with Crippen LogP contribution >= 0.6 is 0 Å². The molecule has 3 heteroatoms. The zero-order valence-electron chi connectivity index (χ0n) is 11.3. The van der Waals surface area contributed by atoms with E-state index in [1.807, 2.05) is 54.6 Å². The summed E-state index contributed by atoms with van der Waals surface area (Å²) in [5.41, 5.74) is 7.20. The second-order valence-corrected chi connectivity index (χ2v) is 5.48. The van der Waals surface area contributed by atoms with Gasteiger partial charge in [0.1, 0.15) is 11.5 Å². The first-order valence-electron chi connectivity index (χ1n) is 6.93. The summed E-state index contributed by atoms with van der Waals surface area (Å²) in [5.74, 6) is 1.61. The molecule has 0 heterocycles. The lowest BCUT2D eigenvalue weighted by Gasteiger charge is -2.21. The third-order valence-electron chi connectivity index (χ3n) is 4.08. The first-order valence-corrected chi connectivity index (χ1v) is 6.93. The standard InChI is InChI=1S/C17H19NO2/c18-16(17(12-19)10-11-17)13-6-8-15(9-7-13)20-14-4-2-1-3-5-14/h1-9,16,19H,10-12,18H2. The minimum atomic E-state index is -0.0988. The number of ether oxygens (including phenoxy) is 1. The van der Waals surface area contributed by atoms with E-state index < -0.39 is 0 Å². The number of rotatable bonds is 5. The van der Waals surface area contributed by atoms with Crippen LogP contribution < -0.4 is 10.5 Å².